The summed E-state index contributed by atoms with van der Waals surface area (Å²) in [6.45, 7) is 5.33. The number of anilines is 4. The Labute approximate surface area is 194 Å². The van der Waals surface area contributed by atoms with E-state index in [1.165, 1.54) is 0 Å². The van der Waals surface area contributed by atoms with Gasteiger partial charge in [-0.2, -0.15) is 15.0 Å². The van der Waals surface area contributed by atoms with Gasteiger partial charge in [0.25, 0.3) is 0 Å². The van der Waals surface area contributed by atoms with Crippen molar-refractivity contribution < 1.29 is 16.8 Å². The van der Waals surface area contributed by atoms with E-state index in [1.807, 2.05) is 13.8 Å². The minimum atomic E-state index is -3.36. The monoisotopic (exact) mass is 489 g/mol. The maximum atomic E-state index is 12.4. The summed E-state index contributed by atoms with van der Waals surface area (Å²) in [5.41, 5.74) is 1.05. The molecule has 1 heterocycles. The van der Waals surface area contributed by atoms with Crippen molar-refractivity contribution >= 4 is 42.9 Å². The zero-order valence-corrected chi connectivity index (χ0v) is 20.4. The Balaban J connectivity index is 1.84. The number of sulfone groups is 2. The van der Waals surface area contributed by atoms with Gasteiger partial charge in [0.1, 0.15) is 5.82 Å². The molecular formula is C22H27N5O4S2. The number of aromatic nitrogens is 3. The second-order valence-corrected chi connectivity index (χ2v) is 11.7. The molecule has 9 nitrogen and oxygen atoms in total. The normalized spacial score (nSPS) is 11.8. The highest BCUT2D eigenvalue weighted by Crippen LogP contribution is 2.22. The smallest absolute Gasteiger partial charge is 0.232 e. The molecule has 0 saturated carbocycles. The van der Waals surface area contributed by atoms with Crippen LogP contribution in [0, 0.1) is 6.92 Å². The minimum Gasteiger partial charge on any atom is -0.324 e. The van der Waals surface area contributed by atoms with E-state index in [1.54, 1.807) is 55.5 Å². The van der Waals surface area contributed by atoms with Gasteiger partial charge in [-0.25, -0.2) is 16.8 Å². The molecule has 3 rings (SSSR count). The minimum absolute atomic E-state index is 0.0719. The second-order valence-electron chi connectivity index (χ2n) is 7.47. The van der Waals surface area contributed by atoms with E-state index < -0.39 is 19.7 Å². The number of hydrogen-bond acceptors (Lipinski definition) is 9. The Bertz CT molecular complexity index is 1240. The van der Waals surface area contributed by atoms with Gasteiger partial charge < -0.3 is 10.6 Å². The molecule has 0 radical (unpaired) electrons. The molecule has 0 amide bonds. The first kappa shape index (κ1) is 24.6. The fourth-order valence-corrected chi connectivity index (χ4v) is 5.89. The lowest BCUT2D eigenvalue weighted by molar-refractivity contribution is 0.593. The number of hydrogen-bond donors (Lipinski definition) is 2. The van der Waals surface area contributed by atoms with Crippen LogP contribution < -0.4 is 10.6 Å². The molecule has 0 bridgehead atoms. The quantitative estimate of drug-likeness (QED) is 0.433. The average Bonchev–Trinajstić information content (AvgIpc) is 2.74. The summed E-state index contributed by atoms with van der Waals surface area (Å²) in [5.74, 6) is 1.03. The predicted octanol–water partition coefficient (Wildman–Crippen LogP) is 4.03. The Morgan fingerprint density at radius 1 is 0.697 bits per heavy atom. The van der Waals surface area contributed by atoms with Crippen LogP contribution in [0.2, 0.25) is 0 Å². The van der Waals surface area contributed by atoms with Crippen LogP contribution in [-0.4, -0.2) is 43.3 Å². The Hall–Kier alpha value is -3.05. The molecule has 2 aromatic carbocycles. The molecule has 33 heavy (non-hydrogen) atoms. The van der Waals surface area contributed by atoms with Crippen molar-refractivity contribution in [3.05, 3.63) is 54.4 Å². The third-order valence-electron chi connectivity index (χ3n) is 4.59. The number of benzene rings is 2. The second kappa shape index (κ2) is 10.3. The van der Waals surface area contributed by atoms with E-state index in [-0.39, 0.29) is 33.2 Å². The fourth-order valence-electron chi connectivity index (χ4n) is 3.16. The van der Waals surface area contributed by atoms with Crippen LogP contribution in [0.5, 0.6) is 0 Å². The van der Waals surface area contributed by atoms with E-state index in [0.717, 1.165) is 0 Å². The van der Waals surface area contributed by atoms with Crippen LogP contribution in [0.25, 0.3) is 0 Å². The van der Waals surface area contributed by atoms with Crippen molar-refractivity contribution in [2.24, 2.45) is 0 Å². The summed E-state index contributed by atoms with van der Waals surface area (Å²) in [6.07, 6.45) is 1.06. The fraction of sp³-hybridized carbons (Fsp3) is 0.318. The zero-order chi connectivity index (χ0) is 24.1. The molecule has 0 fully saturated rings. The zero-order valence-electron chi connectivity index (χ0n) is 18.7. The molecule has 11 heteroatoms. The average molecular weight is 490 g/mol. The first-order valence-corrected chi connectivity index (χ1v) is 13.9. The molecule has 0 spiro atoms. The molecule has 0 aliphatic heterocycles. The first-order valence-electron chi connectivity index (χ1n) is 10.6. The number of aryl methyl sites for hydroxylation is 1. The summed E-state index contributed by atoms with van der Waals surface area (Å²) >= 11 is 0. The van der Waals surface area contributed by atoms with Gasteiger partial charge in [-0.3, -0.25) is 0 Å². The Morgan fingerprint density at radius 3 is 1.52 bits per heavy atom. The molecule has 0 atom stereocenters. The highest BCUT2D eigenvalue weighted by Gasteiger charge is 2.15. The summed E-state index contributed by atoms with van der Waals surface area (Å²) in [4.78, 5) is 13.3. The van der Waals surface area contributed by atoms with E-state index in [4.69, 9.17) is 0 Å². The first-order chi connectivity index (χ1) is 15.6. The highest BCUT2D eigenvalue weighted by molar-refractivity contribution is 7.91. The van der Waals surface area contributed by atoms with Gasteiger partial charge in [-0.1, -0.05) is 26.0 Å². The van der Waals surface area contributed by atoms with Crippen molar-refractivity contribution in [1.82, 2.24) is 15.0 Å². The molecule has 0 saturated heterocycles. The third-order valence-corrected chi connectivity index (χ3v) is 8.43. The van der Waals surface area contributed by atoms with Crippen molar-refractivity contribution in [2.45, 2.75) is 43.4 Å². The van der Waals surface area contributed by atoms with Crippen LogP contribution >= 0.6 is 0 Å². The SMILES string of the molecule is CCCS(=O)(=O)c1cccc(Nc2nc(C)nc(Nc3cccc(S(=O)(=O)CCC)c3)n2)c1. The van der Waals surface area contributed by atoms with Crippen LogP contribution in [0.15, 0.2) is 58.3 Å². The largest absolute Gasteiger partial charge is 0.324 e. The number of nitrogens with one attached hydrogen (secondary N) is 2. The maximum Gasteiger partial charge on any atom is 0.232 e. The molecule has 0 aliphatic rings. The summed E-state index contributed by atoms with van der Waals surface area (Å²) in [5, 5.41) is 6.03. The van der Waals surface area contributed by atoms with Gasteiger partial charge in [-0.15, -0.1) is 0 Å². The van der Waals surface area contributed by atoms with E-state index in [9.17, 15) is 16.8 Å². The Morgan fingerprint density at radius 2 is 1.12 bits per heavy atom. The van der Waals surface area contributed by atoms with E-state index in [0.29, 0.717) is 30.0 Å². The summed E-state index contributed by atoms with van der Waals surface area (Å²) in [6, 6.07) is 12.9. The lowest BCUT2D eigenvalue weighted by Gasteiger charge is -2.11. The van der Waals surface area contributed by atoms with E-state index >= 15 is 0 Å². The van der Waals surface area contributed by atoms with Crippen LogP contribution in [0.3, 0.4) is 0 Å². The topological polar surface area (TPSA) is 131 Å². The number of nitrogens with zero attached hydrogens (tertiary/aromatic N) is 3. The predicted molar refractivity (Wildman–Crippen MR) is 129 cm³/mol. The molecule has 1 aromatic heterocycles. The van der Waals surface area contributed by atoms with Crippen LogP contribution in [-0.2, 0) is 19.7 Å². The molecule has 2 N–H and O–H groups in total. The lowest BCUT2D eigenvalue weighted by Crippen LogP contribution is -2.08. The van der Waals surface area contributed by atoms with Crippen molar-refractivity contribution in [2.75, 3.05) is 22.1 Å². The Kier molecular flexibility index (Phi) is 7.65. The molecule has 0 unspecified atom stereocenters. The van der Waals surface area contributed by atoms with Gasteiger partial charge in [0.2, 0.25) is 11.9 Å². The third kappa shape index (κ3) is 6.48. The van der Waals surface area contributed by atoms with E-state index in [2.05, 4.69) is 25.6 Å². The lowest BCUT2D eigenvalue weighted by atomic mass is 10.3. The van der Waals surface area contributed by atoms with Crippen molar-refractivity contribution in [1.29, 1.82) is 0 Å². The van der Waals surface area contributed by atoms with Crippen molar-refractivity contribution in [3.63, 3.8) is 0 Å². The van der Waals surface area contributed by atoms with Crippen LogP contribution in [0.4, 0.5) is 23.3 Å². The maximum absolute atomic E-state index is 12.4. The van der Waals surface area contributed by atoms with Gasteiger partial charge >= 0.3 is 0 Å². The van der Waals surface area contributed by atoms with Gasteiger partial charge in [0, 0.05) is 11.4 Å². The molecule has 176 valence electrons. The van der Waals surface area contributed by atoms with Crippen LogP contribution in [0.1, 0.15) is 32.5 Å². The van der Waals surface area contributed by atoms with Crippen molar-refractivity contribution in [3.8, 4) is 0 Å². The summed E-state index contributed by atoms with van der Waals surface area (Å²) in [7, 11) is -6.71. The standard InChI is InChI=1S/C22H27N5O4S2/c1-4-12-32(28,29)19-10-6-8-17(14-19)25-21-23-16(3)24-22(27-21)26-18-9-7-11-20(15-18)33(30,31)13-5-2/h6-11,14-15H,4-5,12-13H2,1-3H3,(H2,23,24,25,26,27). The molecule has 3 aromatic rings. The molecule has 0 aliphatic carbocycles. The molecular weight excluding hydrogens is 462 g/mol. The van der Waals surface area contributed by atoms with Gasteiger partial charge in [-0.05, 0) is 56.2 Å². The highest BCUT2D eigenvalue weighted by atomic mass is 32.2. The van der Waals surface area contributed by atoms with Gasteiger partial charge in [0.05, 0.1) is 21.3 Å². The number of rotatable bonds is 10. The van der Waals surface area contributed by atoms with Gasteiger partial charge in [0.15, 0.2) is 19.7 Å². The summed E-state index contributed by atoms with van der Waals surface area (Å²) < 4.78 is 49.5.